The first-order chi connectivity index (χ1) is 6.24. The number of halogens is 1. The molecule has 0 unspecified atom stereocenters. The molecule has 0 fully saturated rings. The lowest BCUT2D eigenvalue weighted by atomic mass is 10.1. The fraction of sp³-hybridized carbons (Fsp3) is 0.300. The van der Waals surface area contributed by atoms with Gasteiger partial charge in [-0.2, -0.15) is 0 Å². The molecule has 1 aromatic carbocycles. The van der Waals surface area contributed by atoms with Crippen LogP contribution in [-0.4, -0.2) is 13.0 Å². The lowest BCUT2D eigenvalue weighted by Crippen LogP contribution is -2.18. The maximum absolute atomic E-state index is 13.0. The monoisotopic (exact) mass is 181 g/mol. The van der Waals surface area contributed by atoms with Gasteiger partial charge in [-0.1, -0.05) is 18.2 Å². The first-order valence-electron chi connectivity index (χ1n) is 4.18. The van der Waals surface area contributed by atoms with Crippen molar-refractivity contribution in [2.45, 2.75) is 12.8 Å². The molecule has 2 nitrogen and oxygen atoms in total. The van der Waals surface area contributed by atoms with Crippen LogP contribution >= 0.6 is 0 Å². The van der Waals surface area contributed by atoms with Crippen molar-refractivity contribution >= 4 is 5.91 Å². The van der Waals surface area contributed by atoms with Crippen LogP contribution in [0.3, 0.4) is 0 Å². The average Bonchev–Trinajstić information content (AvgIpc) is 2.16. The zero-order chi connectivity index (χ0) is 9.68. The van der Waals surface area contributed by atoms with Gasteiger partial charge in [-0.15, -0.1) is 0 Å². The third-order valence-electron chi connectivity index (χ3n) is 1.86. The number of hydrogen-bond acceptors (Lipinski definition) is 1. The van der Waals surface area contributed by atoms with Gasteiger partial charge in [0.05, 0.1) is 0 Å². The van der Waals surface area contributed by atoms with Crippen molar-refractivity contribution in [1.82, 2.24) is 5.32 Å². The molecule has 0 aliphatic rings. The first-order valence-corrected chi connectivity index (χ1v) is 4.18. The predicted octanol–water partition coefficient (Wildman–Crippen LogP) is 1.50. The van der Waals surface area contributed by atoms with Crippen molar-refractivity contribution in [2.24, 2.45) is 0 Å². The normalized spacial score (nSPS) is 9.69. The SMILES string of the molecule is CNC(=O)CCc1ccccc1F. The topological polar surface area (TPSA) is 29.1 Å². The zero-order valence-electron chi connectivity index (χ0n) is 7.51. The number of hydrogen-bond donors (Lipinski definition) is 1. The second-order valence-corrected chi connectivity index (χ2v) is 2.76. The Morgan fingerprint density at radius 3 is 2.77 bits per heavy atom. The molecule has 0 saturated heterocycles. The number of carbonyl (C=O) groups excluding carboxylic acids is 1. The van der Waals surface area contributed by atoms with Gasteiger partial charge in [0.2, 0.25) is 5.91 Å². The van der Waals surface area contributed by atoms with Crippen LogP contribution in [0.2, 0.25) is 0 Å². The van der Waals surface area contributed by atoms with E-state index in [4.69, 9.17) is 0 Å². The van der Waals surface area contributed by atoms with Crippen molar-refractivity contribution in [3.05, 3.63) is 35.6 Å². The van der Waals surface area contributed by atoms with E-state index in [1.165, 1.54) is 6.07 Å². The van der Waals surface area contributed by atoms with Gasteiger partial charge >= 0.3 is 0 Å². The highest BCUT2D eigenvalue weighted by Crippen LogP contribution is 2.08. The summed E-state index contributed by atoms with van der Waals surface area (Å²) in [7, 11) is 1.57. The summed E-state index contributed by atoms with van der Waals surface area (Å²) >= 11 is 0. The van der Waals surface area contributed by atoms with Crippen LogP contribution in [0.15, 0.2) is 24.3 Å². The highest BCUT2D eigenvalue weighted by Gasteiger charge is 2.03. The Kier molecular flexibility index (Phi) is 3.43. The molecule has 3 heteroatoms. The summed E-state index contributed by atoms with van der Waals surface area (Å²) in [5, 5.41) is 2.49. The molecule has 0 saturated carbocycles. The molecule has 13 heavy (non-hydrogen) atoms. The van der Waals surface area contributed by atoms with E-state index >= 15 is 0 Å². The Labute approximate surface area is 76.8 Å². The molecule has 0 radical (unpaired) electrons. The second kappa shape index (κ2) is 4.60. The van der Waals surface area contributed by atoms with Gasteiger partial charge in [0, 0.05) is 13.5 Å². The molecule has 0 aliphatic heterocycles. The summed E-state index contributed by atoms with van der Waals surface area (Å²) in [5.41, 5.74) is 0.589. The van der Waals surface area contributed by atoms with Crippen LogP contribution in [0.4, 0.5) is 4.39 Å². The third-order valence-corrected chi connectivity index (χ3v) is 1.86. The molecule has 1 amide bonds. The molecule has 0 bridgehead atoms. The van der Waals surface area contributed by atoms with Crippen LogP contribution in [0, 0.1) is 5.82 Å². The van der Waals surface area contributed by atoms with Gasteiger partial charge in [0.15, 0.2) is 0 Å². The average molecular weight is 181 g/mol. The van der Waals surface area contributed by atoms with E-state index in [0.29, 0.717) is 18.4 Å². The number of rotatable bonds is 3. The first kappa shape index (κ1) is 9.71. The van der Waals surface area contributed by atoms with Crippen LogP contribution < -0.4 is 5.32 Å². The number of aryl methyl sites for hydroxylation is 1. The van der Waals surface area contributed by atoms with E-state index < -0.39 is 0 Å². The molecule has 70 valence electrons. The fourth-order valence-corrected chi connectivity index (χ4v) is 1.07. The molecule has 0 heterocycles. The minimum absolute atomic E-state index is 0.0664. The molecule has 1 aromatic rings. The number of amides is 1. The maximum atomic E-state index is 13.0. The summed E-state index contributed by atoms with van der Waals surface area (Å²) < 4.78 is 13.0. The van der Waals surface area contributed by atoms with E-state index in [0.717, 1.165) is 0 Å². The summed E-state index contributed by atoms with van der Waals surface area (Å²) in [6, 6.07) is 6.50. The molecular weight excluding hydrogens is 169 g/mol. The van der Waals surface area contributed by atoms with Gasteiger partial charge in [0.1, 0.15) is 5.82 Å². The maximum Gasteiger partial charge on any atom is 0.220 e. The van der Waals surface area contributed by atoms with Crippen molar-refractivity contribution in [3.63, 3.8) is 0 Å². The van der Waals surface area contributed by atoms with Crippen LogP contribution in [0.25, 0.3) is 0 Å². The van der Waals surface area contributed by atoms with E-state index in [2.05, 4.69) is 5.32 Å². The van der Waals surface area contributed by atoms with Gasteiger partial charge < -0.3 is 5.32 Å². The van der Waals surface area contributed by atoms with Crippen LogP contribution in [0.5, 0.6) is 0 Å². The highest BCUT2D eigenvalue weighted by atomic mass is 19.1. The van der Waals surface area contributed by atoms with Gasteiger partial charge in [-0.25, -0.2) is 4.39 Å². The van der Waals surface area contributed by atoms with Gasteiger partial charge in [-0.3, -0.25) is 4.79 Å². The minimum atomic E-state index is -0.244. The van der Waals surface area contributed by atoms with Gasteiger partial charge in [-0.05, 0) is 18.1 Å². The lowest BCUT2D eigenvalue weighted by Gasteiger charge is -2.01. The van der Waals surface area contributed by atoms with Crippen molar-refractivity contribution in [3.8, 4) is 0 Å². The Morgan fingerprint density at radius 1 is 1.46 bits per heavy atom. The van der Waals surface area contributed by atoms with Crippen molar-refractivity contribution in [2.75, 3.05) is 7.05 Å². The van der Waals surface area contributed by atoms with E-state index in [1.807, 2.05) is 0 Å². The summed E-state index contributed by atoms with van der Waals surface area (Å²) in [5.74, 6) is -0.311. The second-order valence-electron chi connectivity index (χ2n) is 2.76. The molecular formula is C10H12FNO. The molecule has 1 N–H and O–H groups in total. The smallest absolute Gasteiger partial charge is 0.220 e. The Morgan fingerprint density at radius 2 is 2.15 bits per heavy atom. The molecule has 0 aliphatic carbocycles. The molecule has 1 rings (SSSR count). The number of carbonyl (C=O) groups is 1. The fourth-order valence-electron chi connectivity index (χ4n) is 1.07. The van der Waals surface area contributed by atoms with E-state index in [9.17, 15) is 9.18 Å². The molecule has 0 aromatic heterocycles. The Balaban J connectivity index is 2.54. The summed E-state index contributed by atoms with van der Waals surface area (Å²) in [4.78, 5) is 10.9. The molecule has 0 atom stereocenters. The van der Waals surface area contributed by atoms with E-state index in [-0.39, 0.29) is 11.7 Å². The van der Waals surface area contributed by atoms with Crippen LogP contribution in [-0.2, 0) is 11.2 Å². The van der Waals surface area contributed by atoms with Crippen molar-refractivity contribution in [1.29, 1.82) is 0 Å². The summed E-state index contributed by atoms with van der Waals surface area (Å²) in [6.07, 6.45) is 0.782. The minimum Gasteiger partial charge on any atom is -0.359 e. The standard InChI is InChI=1S/C10H12FNO/c1-12-10(13)7-6-8-4-2-3-5-9(8)11/h2-5H,6-7H2,1H3,(H,12,13). The lowest BCUT2D eigenvalue weighted by molar-refractivity contribution is -0.120. The van der Waals surface area contributed by atoms with Crippen molar-refractivity contribution < 1.29 is 9.18 Å². The number of benzene rings is 1. The third kappa shape index (κ3) is 2.86. The highest BCUT2D eigenvalue weighted by molar-refractivity contribution is 5.75. The molecule has 0 spiro atoms. The largest absolute Gasteiger partial charge is 0.359 e. The Hall–Kier alpha value is -1.38. The predicted molar refractivity (Wildman–Crippen MR) is 48.8 cm³/mol. The van der Waals surface area contributed by atoms with E-state index in [1.54, 1.807) is 25.2 Å². The number of nitrogens with one attached hydrogen (secondary N) is 1. The zero-order valence-corrected chi connectivity index (χ0v) is 7.51. The Bertz CT molecular complexity index is 299. The van der Waals surface area contributed by atoms with Crippen LogP contribution in [0.1, 0.15) is 12.0 Å². The summed E-state index contributed by atoms with van der Waals surface area (Å²) in [6.45, 7) is 0. The van der Waals surface area contributed by atoms with Gasteiger partial charge in [0.25, 0.3) is 0 Å². The quantitative estimate of drug-likeness (QED) is 0.752.